The first-order valence-corrected chi connectivity index (χ1v) is 9.34. The Labute approximate surface area is 171 Å². The van der Waals surface area contributed by atoms with Crippen LogP contribution in [0.2, 0.25) is 5.15 Å². The fourth-order valence-electron chi connectivity index (χ4n) is 2.88. The molecule has 0 bridgehead atoms. The number of nitrogens with zero attached hydrogens (tertiary/aromatic N) is 3. The molecule has 4 aromatic rings. The number of rotatable bonds is 6. The highest BCUT2D eigenvalue weighted by molar-refractivity contribution is 6.32. The van der Waals surface area contributed by atoms with Crippen molar-refractivity contribution in [3.8, 4) is 11.5 Å². The van der Waals surface area contributed by atoms with Crippen LogP contribution in [0.15, 0.2) is 57.7 Å². The molecule has 1 aromatic carbocycles. The zero-order valence-electron chi connectivity index (χ0n) is 15.9. The van der Waals surface area contributed by atoms with Crippen LogP contribution in [0.1, 0.15) is 32.9 Å². The van der Waals surface area contributed by atoms with Crippen LogP contribution in [0.25, 0.3) is 11.5 Å². The maximum atomic E-state index is 12.6. The summed E-state index contributed by atoms with van der Waals surface area (Å²) in [7, 11) is 0. The van der Waals surface area contributed by atoms with Crippen molar-refractivity contribution in [2.24, 2.45) is 0 Å². The Balaban J connectivity index is 1.44. The zero-order chi connectivity index (χ0) is 20.4. The lowest BCUT2D eigenvalue weighted by molar-refractivity contribution is 0.0463. The molecule has 0 atom stereocenters. The average molecular weight is 412 g/mol. The molecule has 148 valence electrons. The number of halogens is 1. The first-order chi connectivity index (χ1) is 14.0. The molecule has 0 fully saturated rings. The topological polar surface area (TPSA) is 83.3 Å². The van der Waals surface area contributed by atoms with E-state index in [1.54, 1.807) is 29.8 Å². The summed E-state index contributed by atoms with van der Waals surface area (Å²) in [5, 5.41) is 8.50. The van der Waals surface area contributed by atoms with Crippen molar-refractivity contribution in [3.63, 3.8) is 0 Å². The van der Waals surface area contributed by atoms with Gasteiger partial charge in [-0.25, -0.2) is 9.48 Å². The number of hydrogen-bond donors (Lipinski definition) is 0. The van der Waals surface area contributed by atoms with Crippen LogP contribution in [-0.2, 0) is 17.9 Å². The number of furan rings is 1. The van der Waals surface area contributed by atoms with E-state index >= 15 is 0 Å². The van der Waals surface area contributed by atoms with Gasteiger partial charge in [-0.3, -0.25) is 0 Å². The highest BCUT2D eigenvalue weighted by atomic mass is 35.5. The van der Waals surface area contributed by atoms with Gasteiger partial charge < -0.3 is 13.7 Å². The highest BCUT2D eigenvalue weighted by Gasteiger charge is 2.22. The molecule has 0 spiro atoms. The Morgan fingerprint density at radius 1 is 1.17 bits per heavy atom. The number of aryl methyl sites for hydroxylation is 2. The monoisotopic (exact) mass is 411 g/mol. The van der Waals surface area contributed by atoms with Crippen molar-refractivity contribution in [2.75, 3.05) is 0 Å². The maximum absolute atomic E-state index is 12.6. The van der Waals surface area contributed by atoms with E-state index in [1.807, 2.05) is 31.2 Å². The number of esters is 1. The van der Waals surface area contributed by atoms with E-state index in [0.29, 0.717) is 29.5 Å². The van der Waals surface area contributed by atoms with Crippen molar-refractivity contribution in [1.82, 2.24) is 14.9 Å². The van der Waals surface area contributed by atoms with Crippen molar-refractivity contribution in [2.45, 2.75) is 27.0 Å². The third kappa shape index (κ3) is 4.09. The molecular formula is C21H18ClN3O4. The van der Waals surface area contributed by atoms with Crippen LogP contribution < -0.4 is 0 Å². The Morgan fingerprint density at radius 3 is 2.69 bits per heavy atom. The SMILES string of the molecule is Cc1ccc(Cn2nc(C)c(C(=O)OCc3cc(-c4ccco4)on3)c2Cl)cc1. The van der Waals surface area contributed by atoms with Crippen LogP contribution in [-0.4, -0.2) is 20.9 Å². The van der Waals surface area contributed by atoms with Crippen LogP contribution >= 0.6 is 11.6 Å². The molecule has 4 rings (SSSR count). The predicted octanol–water partition coefficient (Wildman–Crippen LogP) is 4.81. The Hall–Kier alpha value is -3.32. The molecule has 29 heavy (non-hydrogen) atoms. The van der Waals surface area contributed by atoms with Crippen molar-refractivity contribution in [1.29, 1.82) is 0 Å². The van der Waals surface area contributed by atoms with Gasteiger partial charge in [-0.05, 0) is 31.5 Å². The average Bonchev–Trinajstić information content (AvgIpc) is 3.43. The van der Waals surface area contributed by atoms with Gasteiger partial charge in [0.1, 0.15) is 23.0 Å². The number of carbonyl (C=O) groups is 1. The third-order valence-electron chi connectivity index (χ3n) is 4.40. The van der Waals surface area contributed by atoms with Gasteiger partial charge in [0, 0.05) is 6.07 Å². The molecule has 8 heteroatoms. The minimum atomic E-state index is -0.565. The molecule has 0 radical (unpaired) electrons. The second kappa shape index (κ2) is 7.97. The van der Waals surface area contributed by atoms with Crippen molar-refractivity contribution >= 4 is 17.6 Å². The fraction of sp³-hybridized carbons (Fsp3) is 0.190. The number of benzene rings is 1. The van der Waals surface area contributed by atoms with Crippen LogP contribution in [0.3, 0.4) is 0 Å². The Kier molecular flexibility index (Phi) is 5.22. The highest BCUT2D eigenvalue weighted by Crippen LogP contribution is 2.24. The zero-order valence-corrected chi connectivity index (χ0v) is 16.6. The molecule has 0 saturated carbocycles. The summed E-state index contributed by atoms with van der Waals surface area (Å²) in [5.74, 6) is 0.442. The van der Waals surface area contributed by atoms with Crippen molar-refractivity contribution in [3.05, 3.63) is 82.0 Å². The lowest BCUT2D eigenvalue weighted by Crippen LogP contribution is -2.07. The maximum Gasteiger partial charge on any atom is 0.343 e. The second-order valence-electron chi connectivity index (χ2n) is 6.63. The number of hydrogen-bond acceptors (Lipinski definition) is 6. The van der Waals surface area contributed by atoms with E-state index in [0.717, 1.165) is 5.56 Å². The van der Waals surface area contributed by atoms with Gasteiger partial charge in [0.2, 0.25) is 5.76 Å². The molecule has 3 aromatic heterocycles. The van der Waals surface area contributed by atoms with Gasteiger partial charge >= 0.3 is 5.97 Å². The quantitative estimate of drug-likeness (QED) is 0.423. The minimum absolute atomic E-state index is 0.0536. The third-order valence-corrected chi connectivity index (χ3v) is 4.78. The summed E-state index contributed by atoms with van der Waals surface area (Å²) >= 11 is 6.41. The largest absolute Gasteiger partial charge is 0.461 e. The first-order valence-electron chi connectivity index (χ1n) is 8.96. The molecule has 0 N–H and O–H groups in total. The van der Waals surface area contributed by atoms with Gasteiger partial charge in [0.15, 0.2) is 5.76 Å². The molecule has 0 aliphatic heterocycles. The van der Waals surface area contributed by atoms with Gasteiger partial charge in [-0.15, -0.1) is 0 Å². The molecular weight excluding hydrogens is 394 g/mol. The summed E-state index contributed by atoms with van der Waals surface area (Å²) in [6.07, 6.45) is 1.54. The van der Waals surface area contributed by atoms with Gasteiger partial charge in [-0.1, -0.05) is 46.6 Å². The molecule has 0 unspecified atom stereocenters. The molecule has 0 aliphatic carbocycles. The molecule has 7 nitrogen and oxygen atoms in total. The summed E-state index contributed by atoms with van der Waals surface area (Å²) in [4.78, 5) is 12.6. The predicted molar refractivity (Wildman–Crippen MR) is 106 cm³/mol. The number of carbonyl (C=O) groups excluding carboxylic acids is 1. The standard InChI is InChI=1S/C21H18ClN3O4/c1-13-5-7-15(8-6-13)11-25-20(22)19(14(2)23-25)21(26)28-12-16-10-18(29-24-16)17-4-3-9-27-17/h3-10H,11-12H2,1-2H3. The molecule has 3 heterocycles. The molecule has 0 saturated heterocycles. The van der Waals surface area contributed by atoms with E-state index in [9.17, 15) is 4.79 Å². The fourth-order valence-corrected chi connectivity index (χ4v) is 3.19. The summed E-state index contributed by atoms with van der Waals surface area (Å²) in [6, 6.07) is 13.2. The van der Waals surface area contributed by atoms with Gasteiger partial charge in [0.25, 0.3) is 0 Å². The minimum Gasteiger partial charge on any atom is -0.461 e. The number of ether oxygens (including phenoxy) is 1. The van der Waals surface area contributed by atoms with E-state index < -0.39 is 5.97 Å². The smallest absolute Gasteiger partial charge is 0.343 e. The Morgan fingerprint density at radius 2 is 1.97 bits per heavy atom. The van der Waals surface area contributed by atoms with Crippen LogP contribution in [0, 0.1) is 13.8 Å². The first kappa shape index (κ1) is 19.0. The lowest BCUT2D eigenvalue weighted by atomic mass is 10.1. The second-order valence-corrected chi connectivity index (χ2v) is 6.99. The van der Waals surface area contributed by atoms with E-state index in [4.69, 9.17) is 25.3 Å². The molecule has 0 aliphatic rings. The van der Waals surface area contributed by atoms with Crippen LogP contribution in [0.4, 0.5) is 0 Å². The Bertz CT molecular complexity index is 1130. The molecule has 0 amide bonds. The summed E-state index contributed by atoms with van der Waals surface area (Å²) in [5.41, 5.74) is 3.42. The van der Waals surface area contributed by atoms with E-state index in [-0.39, 0.29) is 17.3 Å². The van der Waals surface area contributed by atoms with E-state index in [1.165, 1.54) is 11.8 Å². The van der Waals surface area contributed by atoms with Gasteiger partial charge in [-0.2, -0.15) is 5.10 Å². The summed E-state index contributed by atoms with van der Waals surface area (Å²) in [6.45, 7) is 4.15. The summed E-state index contributed by atoms with van der Waals surface area (Å²) < 4.78 is 17.4. The number of aromatic nitrogens is 3. The lowest BCUT2D eigenvalue weighted by Gasteiger charge is -2.05. The van der Waals surface area contributed by atoms with Crippen LogP contribution in [0.5, 0.6) is 0 Å². The van der Waals surface area contributed by atoms with Gasteiger partial charge in [0.05, 0.1) is 18.5 Å². The van der Waals surface area contributed by atoms with Crippen molar-refractivity contribution < 1.29 is 18.5 Å². The van der Waals surface area contributed by atoms with E-state index in [2.05, 4.69) is 10.3 Å². The normalized spacial score (nSPS) is 11.0.